The minimum Gasteiger partial charge on any atom is -0.397 e. The van der Waals surface area contributed by atoms with Crippen LogP contribution in [0.4, 0.5) is 0 Å². The molecule has 0 unspecified atom stereocenters. The monoisotopic (exact) mass is 362 g/mol. The SMILES string of the molecule is C/C(C#N)=C(/N)c1cc(I)ccc1Br. The van der Waals surface area contributed by atoms with Crippen molar-refractivity contribution in [1.82, 2.24) is 0 Å². The van der Waals surface area contributed by atoms with Gasteiger partial charge in [0.1, 0.15) is 0 Å². The molecule has 0 amide bonds. The smallest absolute Gasteiger partial charge is 0.0965 e. The molecule has 2 nitrogen and oxygen atoms in total. The molecular weight excluding hydrogens is 355 g/mol. The van der Waals surface area contributed by atoms with Crippen LogP contribution in [0.5, 0.6) is 0 Å². The molecule has 1 aromatic carbocycles. The van der Waals surface area contributed by atoms with Gasteiger partial charge in [0.15, 0.2) is 0 Å². The second-order valence-corrected chi connectivity index (χ2v) is 4.87. The largest absolute Gasteiger partial charge is 0.397 e. The maximum atomic E-state index is 8.72. The Morgan fingerprint density at radius 2 is 2.21 bits per heavy atom. The third kappa shape index (κ3) is 2.49. The summed E-state index contributed by atoms with van der Waals surface area (Å²) >= 11 is 5.61. The van der Waals surface area contributed by atoms with Gasteiger partial charge in [-0.2, -0.15) is 5.26 Å². The molecule has 0 radical (unpaired) electrons. The molecule has 0 saturated carbocycles. The second-order valence-electron chi connectivity index (χ2n) is 2.77. The van der Waals surface area contributed by atoms with E-state index >= 15 is 0 Å². The van der Waals surface area contributed by atoms with Crippen molar-refractivity contribution in [3.8, 4) is 6.07 Å². The first-order valence-electron chi connectivity index (χ1n) is 3.88. The molecule has 2 N–H and O–H groups in total. The van der Waals surface area contributed by atoms with E-state index in [0.717, 1.165) is 13.6 Å². The molecule has 0 bridgehead atoms. The molecule has 14 heavy (non-hydrogen) atoms. The highest BCUT2D eigenvalue weighted by Gasteiger charge is 2.06. The summed E-state index contributed by atoms with van der Waals surface area (Å²) in [6.07, 6.45) is 0. The number of benzene rings is 1. The number of halogens is 2. The fourth-order valence-corrected chi connectivity index (χ4v) is 1.92. The van der Waals surface area contributed by atoms with Crippen LogP contribution in [0.3, 0.4) is 0 Å². The molecule has 0 fully saturated rings. The topological polar surface area (TPSA) is 49.8 Å². The van der Waals surface area contributed by atoms with Gasteiger partial charge in [0.2, 0.25) is 0 Å². The van der Waals surface area contributed by atoms with Crippen molar-refractivity contribution in [2.75, 3.05) is 0 Å². The van der Waals surface area contributed by atoms with Gasteiger partial charge < -0.3 is 5.73 Å². The summed E-state index contributed by atoms with van der Waals surface area (Å²) in [5.74, 6) is 0. The lowest BCUT2D eigenvalue weighted by Crippen LogP contribution is -2.00. The van der Waals surface area contributed by atoms with Crippen molar-refractivity contribution in [3.63, 3.8) is 0 Å². The lowest BCUT2D eigenvalue weighted by Gasteiger charge is -2.06. The highest BCUT2D eigenvalue weighted by molar-refractivity contribution is 14.1. The summed E-state index contributed by atoms with van der Waals surface area (Å²) in [6.45, 7) is 1.71. The normalized spacial score (nSPS) is 11.9. The standard InChI is InChI=1S/C10H8BrIN2/c1-6(5-13)10(14)8-4-7(12)2-3-9(8)11/h2-4H,14H2,1H3/b10-6-. The minimum absolute atomic E-state index is 0.526. The Bertz CT molecular complexity index is 432. The molecule has 0 aromatic heterocycles. The van der Waals surface area contributed by atoms with Crippen LogP contribution in [0.2, 0.25) is 0 Å². The number of hydrogen-bond donors (Lipinski definition) is 1. The first-order valence-corrected chi connectivity index (χ1v) is 5.75. The van der Waals surface area contributed by atoms with Gasteiger partial charge in [-0.1, -0.05) is 15.9 Å². The molecule has 4 heteroatoms. The third-order valence-electron chi connectivity index (χ3n) is 1.79. The minimum atomic E-state index is 0.526. The van der Waals surface area contributed by atoms with Crippen LogP contribution in [0, 0.1) is 14.9 Å². The summed E-state index contributed by atoms with van der Waals surface area (Å²) in [6, 6.07) is 7.89. The van der Waals surface area contributed by atoms with E-state index in [0.29, 0.717) is 11.3 Å². The average Bonchev–Trinajstić information content (AvgIpc) is 2.19. The van der Waals surface area contributed by atoms with E-state index in [1.165, 1.54) is 0 Å². The molecule has 1 aromatic rings. The van der Waals surface area contributed by atoms with Crippen LogP contribution in [0.1, 0.15) is 12.5 Å². The van der Waals surface area contributed by atoms with Crippen molar-refractivity contribution >= 4 is 44.2 Å². The fourth-order valence-electron chi connectivity index (χ4n) is 0.966. The maximum absolute atomic E-state index is 8.72. The number of allylic oxidation sites excluding steroid dienone is 1. The van der Waals surface area contributed by atoms with Crippen LogP contribution in [0.15, 0.2) is 28.2 Å². The number of nitriles is 1. The first kappa shape index (κ1) is 11.5. The van der Waals surface area contributed by atoms with Crippen LogP contribution in [0.25, 0.3) is 5.70 Å². The predicted octanol–water partition coefficient (Wildman–Crippen LogP) is 3.27. The molecule has 0 aliphatic heterocycles. The molecule has 0 heterocycles. The summed E-state index contributed by atoms with van der Waals surface area (Å²) in [5.41, 5.74) is 7.77. The van der Waals surface area contributed by atoms with Gasteiger partial charge in [-0.15, -0.1) is 0 Å². The molecule has 72 valence electrons. The van der Waals surface area contributed by atoms with E-state index in [-0.39, 0.29) is 0 Å². The number of nitrogens with two attached hydrogens (primary N) is 1. The van der Waals surface area contributed by atoms with Gasteiger partial charge >= 0.3 is 0 Å². The molecule has 0 aliphatic carbocycles. The van der Waals surface area contributed by atoms with E-state index in [4.69, 9.17) is 11.0 Å². The van der Waals surface area contributed by atoms with Gasteiger partial charge in [-0.3, -0.25) is 0 Å². The van der Waals surface area contributed by atoms with Gasteiger partial charge in [0, 0.05) is 19.2 Å². The van der Waals surface area contributed by atoms with E-state index in [2.05, 4.69) is 38.5 Å². The Morgan fingerprint density at radius 3 is 2.79 bits per heavy atom. The van der Waals surface area contributed by atoms with E-state index < -0.39 is 0 Å². The van der Waals surface area contributed by atoms with Crippen molar-refractivity contribution in [1.29, 1.82) is 5.26 Å². The molecule has 0 aliphatic rings. The molecule has 1 rings (SSSR count). The van der Waals surface area contributed by atoms with Crippen LogP contribution >= 0.6 is 38.5 Å². The number of rotatable bonds is 1. The Kier molecular flexibility index (Phi) is 3.96. The summed E-state index contributed by atoms with van der Waals surface area (Å²) in [4.78, 5) is 0. The van der Waals surface area contributed by atoms with Crippen LogP contribution < -0.4 is 5.73 Å². The molecule has 0 atom stereocenters. The van der Waals surface area contributed by atoms with Gasteiger partial charge in [0.25, 0.3) is 0 Å². The van der Waals surface area contributed by atoms with Crippen LogP contribution in [-0.4, -0.2) is 0 Å². The maximum Gasteiger partial charge on any atom is 0.0965 e. The van der Waals surface area contributed by atoms with Crippen molar-refractivity contribution in [3.05, 3.63) is 37.4 Å². The lowest BCUT2D eigenvalue weighted by molar-refractivity contribution is 1.38. The van der Waals surface area contributed by atoms with E-state index in [1.807, 2.05) is 24.3 Å². The quantitative estimate of drug-likeness (QED) is 0.615. The van der Waals surface area contributed by atoms with Crippen molar-refractivity contribution < 1.29 is 0 Å². The van der Waals surface area contributed by atoms with Crippen molar-refractivity contribution in [2.24, 2.45) is 5.73 Å². The zero-order valence-electron chi connectivity index (χ0n) is 7.51. The Balaban J connectivity index is 3.34. The second kappa shape index (κ2) is 4.80. The van der Waals surface area contributed by atoms with Crippen LogP contribution in [-0.2, 0) is 0 Å². The zero-order chi connectivity index (χ0) is 10.7. The van der Waals surface area contributed by atoms with Gasteiger partial charge in [-0.25, -0.2) is 0 Å². The Hall–Kier alpha value is -0.540. The fraction of sp³-hybridized carbons (Fsp3) is 0.100. The zero-order valence-corrected chi connectivity index (χ0v) is 11.3. The first-order chi connectivity index (χ1) is 6.56. The predicted molar refractivity (Wildman–Crippen MR) is 69.3 cm³/mol. The summed E-state index contributed by atoms with van der Waals surface area (Å²) in [7, 11) is 0. The van der Waals surface area contributed by atoms with E-state index in [1.54, 1.807) is 6.92 Å². The van der Waals surface area contributed by atoms with E-state index in [9.17, 15) is 0 Å². The third-order valence-corrected chi connectivity index (χ3v) is 3.15. The lowest BCUT2D eigenvalue weighted by atomic mass is 10.1. The molecule has 0 spiro atoms. The number of nitrogens with zero attached hydrogens (tertiary/aromatic N) is 1. The number of hydrogen-bond acceptors (Lipinski definition) is 2. The Labute approximate surface area is 105 Å². The van der Waals surface area contributed by atoms with Gasteiger partial charge in [-0.05, 0) is 47.7 Å². The molecule has 0 saturated heterocycles. The van der Waals surface area contributed by atoms with Crippen molar-refractivity contribution in [2.45, 2.75) is 6.92 Å². The Morgan fingerprint density at radius 1 is 1.57 bits per heavy atom. The average molecular weight is 363 g/mol. The highest BCUT2D eigenvalue weighted by Crippen LogP contribution is 2.25. The van der Waals surface area contributed by atoms with Gasteiger partial charge in [0.05, 0.1) is 11.8 Å². The highest BCUT2D eigenvalue weighted by atomic mass is 127. The summed E-state index contributed by atoms with van der Waals surface area (Å²) in [5, 5.41) is 8.72. The summed E-state index contributed by atoms with van der Waals surface area (Å²) < 4.78 is 2.00. The molecular formula is C10H8BrIN2.